The second-order valence-corrected chi connectivity index (χ2v) is 5.92. The van der Waals surface area contributed by atoms with E-state index in [-0.39, 0.29) is 6.42 Å². The molecule has 0 aromatic heterocycles. The van der Waals surface area contributed by atoms with Crippen molar-refractivity contribution in [2.24, 2.45) is 0 Å². The van der Waals surface area contributed by atoms with Gasteiger partial charge < -0.3 is 0 Å². The van der Waals surface area contributed by atoms with Gasteiger partial charge in [0.15, 0.2) is 9.84 Å². The van der Waals surface area contributed by atoms with Gasteiger partial charge in [0.2, 0.25) is 0 Å². The SMILES string of the molecule is CSc1ccc(CC#N)cc1S(C)(=O)=O. The predicted molar refractivity (Wildman–Crippen MR) is 60.6 cm³/mol. The maximum absolute atomic E-state index is 11.5. The van der Waals surface area contributed by atoms with E-state index in [1.807, 2.05) is 12.3 Å². The third-order valence-corrected chi connectivity index (χ3v) is 3.97. The molecule has 5 heteroatoms. The number of rotatable bonds is 3. The number of sulfone groups is 1. The molecule has 3 nitrogen and oxygen atoms in total. The Labute approximate surface area is 94.0 Å². The van der Waals surface area contributed by atoms with E-state index >= 15 is 0 Å². The molecule has 0 saturated carbocycles. The summed E-state index contributed by atoms with van der Waals surface area (Å²) >= 11 is 1.39. The van der Waals surface area contributed by atoms with E-state index in [0.29, 0.717) is 4.90 Å². The molecule has 15 heavy (non-hydrogen) atoms. The maximum atomic E-state index is 11.5. The number of nitriles is 1. The molecule has 0 aliphatic heterocycles. The lowest BCUT2D eigenvalue weighted by molar-refractivity contribution is 0.600. The van der Waals surface area contributed by atoms with E-state index in [2.05, 4.69) is 0 Å². The Balaban J connectivity index is 3.34. The molecule has 0 heterocycles. The van der Waals surface area contributed by atoms with Gasteiger partial charge in [-0.05, 0) is 24.0 Å². The number of hydrogen-bond donors (Lipinski definition) is 0. The summed E-state index contributed by atoms with van der Waals surface area (Å²) in [6, 6.07) is 7.10. The summed E-state index contributed by atoms with van der Waals surface area (Å²) in [6.07, 6.45) is 3.24. The van der Waals surface area contributed by atoms with Crippen LogP contribution in [-0.4, -0.2) is 20.9 Å². The lowest BCUT2D eigenvalue weighted by Crippen LogP contribution is -2.00. The Morgan fingerprint density at radius 1 is 1.47 bits per heavy atom. The fourth-order valence-corrected chi connectivity index (χ4v) is 3.18. The summed E-state index contributed by atoms with van der Waals surface area (Å²) < 4.78 is 22.9. The van der Waals surface area contributed by atoms with Crippen LogP contribution in [0.15, 0.2) is 28.0 Å². The normalized spacial score (nSPS) is 11.0. The van der Waals surface area contributed by atoms with E-state index in [1.165, 1.54) is 18.0 Å². The summed E-state index contributed by atoms with van der Waals surface area (Å²) in [5, 5.41) is 8.54. The Morgan fingerprint density at radius 2 is 2.13 bits per heavy atom. The van der Waals surface area contributed by atoms with Crippen molar-refractivity contribution in [2.45, 2.75) is 16.2 Å². The minimum atomic E-state index is -3.22. The Bertz CT molecular complexity index is 501. The molecule has 0 spiro atoms. The van der Waals surface area contributed by atoms with E-state index in [9.17, 15) is 8.42 Å². The van der Waals surface area contributed by atoms with Crippen molar-refractivity contribution in [2.75, 3.05) is 12.5 Å². The van der Waals surface area contributed by atoms with Gasteiger partial charge in [0.05, 0.1) is 17.4 Å². The molecule has 0 radical (unpaired) electrons. The summed E-state index contributed by atoms with van der Waals surface area (Å²) in [7, 11) is -3.22. The number of hydrogen-bond acceptors (Lipinski definition) is 4. The minimum absolute atomic E-state index is 0.233. The van der Waals surface area contributed by atoms with Crippen molar-refractivity contribution in [3.63, 3.8) is 0 Å². The van der Waals surface area contributed by atoms with Gasteiger partial charge in [-0.15, -0.1) is 11.8 Å². The molecule has 0 saturated heterocycles. The van der Waals surface area contributed by atoms with Gasteiger partial charge in [-0.1, -0.05) is 6.07 Å². The third-order valence-electron chi connectivity index (χ3n) is 1.91. The number of nitrogens with zero attached hydrogens (tertiary/aromatic N) is 1. The van der Waals surface area contributed by atoms with Crippen LogP contribution in [0.3, 0.4) is 0 Å². The molecule has 0 bridgehead atoms. The first-order valence-corrected chi connectivity index (χ1v) is 7.34. The lowest BCUT2D eigenvalue weighted by atomic mass is 10.2. The zero-order valence-corrected chi connectivity index (χ0v) is 10.2. The van der Waals surface area contributed by atoms with Crippen LogP contribution in [0.4, 0.5) is 0 Å². The van der Waals surface area contributed by atoms with Crippen LogP contribution in [0.2, 0.25) is 0 Å². The van der Waals surface area contributed by atoms with Crippen molar-refractivity contribution in [1.29, 1.82) is 5.26 Å². The van der Waals surface area contributed by atoms with Gasteiger partial charge in [-0.2, -0.15) is 5.26 Å². The van der Waals surface area contributed by atoms with Crippen LogP contribution in [0.1, 0.15) is 5.56 Å². The molecule has 0 atom stereocenters. The van der Waals surface area contributed by atoms with Gasteiger partial charge in [0.25, 0.3) is 0 Å². The van der Waals surface area contributed by atoms with Crippen LogP contribution >= 0.6 is 11.8 Å². The van der Waals surface area contributed by atoms with Crippen LogP contribution < -0.4 is 0 Å². The summed E-state index contributed by atoms with van der Waals surface area (Å²) in [5.41, 5.74) is 0.732. The van der Waals surface area contributed by atoms with Gasteiger partial charge in [-0.25, -0.2) is 8.42 Å². The van der Waals surface area contributed by atoms with Crippen LogP contribution in [-0.2, 0) is 16.3 Å². The number of thioether (sulfide) groups is 1. The van der Waals surface area contributed by atoms with Crippen molar-refractivity contribution in [1.82, 2.24) is 0 Å². The van der Waals surface area contributed by atoms with Crippen molar-refractivity contribution < 1.29 is 8.42 Å². The van der Waals surface area contributed by atoms with Crippen LogP contribution in [0.5, 0.6) is 0 Å². The highest BCUT2D eigenvalue weighted by atomic mass is 32.2. The van der Waals surface area contributed by atoms with Gasteiger partial charge in [0.1, 0.15) is 0 Å². The monoisotopic (exact) mass is 241 g/mol. The average molecular weight is 241 g/mol. The molecular weight excluding hydrogens is 230 g/mol. The predicted octanol–water partition coefficient (Wildman–Crippen LogP) is 1.88. The Kier molecular flexibility index (Phi) is 3.77. The molecule has 1 aromatic rings. The van der Waals surface area contributed by atoms with E-state index in [4.69, 9.17) is 5.26 Å². The molecule has 0 aliphatic carbocycles. The van der Waals surface area contributed by atoms with Crippen molar-refractivity contribution in [3.05, 3.63) is 23.8 Å². The molecule has 0 unspecified atom stereocenters. The molecule has 1 rings (SSSR count). The smallest absolute Gasteiger partial charge is 0.176 e. The Hall–Kier alpha value is -0.990. The summed E-state index contributed by atoms with van der Waals surface area (Å²) in [5.74, 6) is 0. The van der Waals surface area contributed by atoms with Crippen molar-refractivity contribution >= 4 is 21.6 Å². The minimum Gasteiger partial charge on any atom is -0.224 e. The molecule has 0 N–H and O–H groups in total. The highest BCUT2D eigenvalue weighted by molar-refractivity contribution is 7.99. The first-order chi connectivity index (χ1) is 6.99. The standard InChI is InChI=1S/C10H11NO2S2/c1-14-9-4-3-8(5-6-11)7-10(9)15(2,12)13/h3-4,7H,5H2,1-2H3. The van der Waals surface area contributed by atoms with E-state index in [0.717, 1.165) is 10.5 Å². The average Bonchev–Trinajstić information content (AvgIpc) is 2.17. The van der Waals surface area contributed by atoms with E-state index < -0.39 is 9.84 Å². The molecule has 1 aromatic carbocycles. The molecule has 0 aliphatic rings. The second-order valence-electron chi connectivity index (χ2n) is 3.09. The first-order valence-electron chi connectivity index (χ1n) is 4.23. The van der Waals surface area contributed by atoms with Crippen LogP contribution in [0, 0.1) is 11.3 Å². The largest absolute Gasteiger partial charge is 0.224 e. The van der Waals surface area contributed by atoms with Crippen LogP contribution in [0.25, 0.3) is 0 Å². The van der Waals surface area contributed by atoms with Gasteiger partial charge in [-0.3, -0.25) is 0 Å². The topological polar surface area (TPSA) is 57.9 Å². The lowest BCUT2D eigenvalue weighted by Gasteiger charge is -2.06. The fourth-order valence-electron chi connectivity index (χ4n) is 1.21. The molecule has 0 fully saturated rings. The Morgan fingerprint density at radius 3 is 2.60 bits per heavy atom. The zero-order chi connectivity index (χ0) is 11.5. The maximum Gasteiger partial charge on any atom is 0.176 e. The summed E-state index contributed by atoms with van der Waals surface area (Å²) in [4.78, 5) is 1.03. The first kappa shape index (κ1) is 12.1. The van der Waals surface area contributed by atoms with Crippen molar-refractivity contribution in [3.8, 4) is 6.07 Å². The quantitative estimate of drug-likeness (QED) is 0.758. The molecular formula is C10H11NO2S2. The summed E-state index contributed by atoms with van der Waals surface area (Å²) in [6.45, 7) is 0. The molecule has 80 valence electrons. The fraction of sp³-hybridized carbons (Fsp3) is 0.300. The third kappa shape index (κ3) is 2.98. The number of benzene rings is 1. The second kappa shape index (κ2) is 4.69. The van der Waals surface area contributed by atoms with Gasteiger partial charge in [0, 0.05) is 11.2 Å². The molecule has 0 amide bonds. The van der Waals surface area contributed by atoms with E-state index in [1.54, 1.807) is 18.2 Å². The highest BCUT2D eigenvalue weighted by Gasteiger charge is 2.13. The zero-order valence-electron chi connectivity index (χ0n) is 8.52. The highest BCUT2D eigenvalue weighted by Crippen LogP contribution is 2.25. The van der Waals surface area contributed by atoms with Gasteiger partial charge >= 0.3 is 0 Å².